The Morgan fingerprint density at radius 1 is 1.64 bits per heavy atom. The Labute approximate surface area is 69.0 Å². The number of hydrogen-bond acceptors (Lipinski definition) is 4. The van der Waals surface area contributed by atoms with Gasteiger partial charge >= 0.3 is 0 Å². The minimum Gasteiger partial charge on any atom is -0.390 e. The number of hydrazine groups is 1. The molecule has 0 saturated heterocycles. The molecule has 0 radical (unpaired) electrons. The number of nitrogens with zero attached hydrogens (tertiary/aromatic N) is 1. The van der Waals surface area contributed by atoms with Gasteiger partial charge in [0.05, 0.1) is 17.3 Å². The predicted molar refractivity (Wildman–Crippen MR) is 43.0 cm³/mol. The molecule has 11 heavy (non-hydrogen) atoms. The molecule has 1 aromatic rings. The second-order valence-electron chi connectivity index (χ2n) is 1.93. The van der Waals surface area contributed by atoms with Crippen molar-refractivity contribution in [3.05, 3.63) is 22.8 Å². The molecule has 60 valence electrons. The summed E-state index contributed by atoms with van der Waals surface area (Å²) in [6, 6.07) is 3.25. The Hall–Kier alpha value is -0.840. The van der Waals surface area contributed by atoms with Crippen molar-refractivity contribution in [2.24, 2.45) is 5.84 Å². The van der Waals surface area contributed by atoms with Crippen molar-refractivity contribution in [3.8, 4) is 0 Å². The smallest absolute Gasteiger partial charge is 0.140 e. The molecular formula is C6H8ClN3O. The van der Waals surface area contributed by atoms with Crippen LogP contribution in [0, 0.1) is 0 Å². The predicted octanol–water partition coefficient (Wildman–Crippen LogP) is 0.513. The summed E-state index contributed by atoms with van der Waals surface area (Å²) in [5.41, 5.74) is 2.77. The molecule has 0 fully saturated rings. The van der Waals surface area contributed by atoms with Crippen LogP contribution >= 0.6 is 11.6 Å². The van der Waals surface area contributed by atoms with Gasteiger partial charge in [-0.15, -0.1) is 0 Å². The highest BCUT2D eigenvalue weighted by molar-refractivity contribution is 6.31. The van der Waals surface area contributed by atoms with Crippen LogP contribution in [0.25, 0.3) is 0 Å². The van der Waals surface area contributed by atoms with Crippen LogP contribution in [0.3, 0.4) is 0 Å². The fraction of sp³-hybridized carbons (Fsp3) is 0.167. The Morgan fingerprint density at radius 2 is 2.36 bits per heavy atom. The van der Waals surface area contributed by atoms with Crippen LogP contribution in [0.15, 0.2) is 12.1 Å². The molecule has 0 saturated carbocycles. The van der Waals surface area contributed by atoms with Crippen molar-refractivity contribution < 1.29 is 5.11 Å². The molecule has 0 amide bonds. The lowest BCUT2D eigenvalue weighted by Gasteiger charge is -2.02. The van der Waals surface area contributed by atoms with Crippen LogP contribution in [0.4, 0.5) is 5.82 Å². The van der Waals surface area contributed by atoms with Gasteiger partial charge in [0.1, 0.15) is 5.82 Å². The van der Waals surface area contributed by atoms with Crippen molar-refractivity contribution in [3.63, 3.8) is 0 Å². The zero-order valence-electron chi connectivity index (χ0n) is 5.71. The molecule has 0 spiro atoms. The van der Waals surface area contributed by atoms with E-state index in [1.54, 1.807) is 12.1 Å². The van der Waals surface area contributed by atoms with Crippen LogP contribution in [0.1, 0.15) is 5.69 Å². The molecule has 4 N–H and O–H groups in total. The number of nitrogens with one attached hydrogen (secondary N) is 1. The number of halogens is 1. The minimum atomic E-state index is -0.186. The van der Waals surface area contributed by atoms with E-state index in [1.165, 1.54) is 0 Å². The van der Waals surface area contributed by atoms with Crippen molar-refractivity contribution >= 4 is 17.4 Å². The quantitative estimate of drug-likeness (QED) is 0.450. The molecule has 0 aliphatic rings. The van der Waals surface area contributed by atoms with Crippen molar-refractivity contribution in [1.29, 1.82) is 0 Å². The summed E-state index contributed by atoms with van der Waals surface area (Å²) in [7, 11) is 0. The zero-order chi connectivity index (χ0) is 8.27. The highest BCUT2D eigenvalue weighted by Gasteiger charge is 2.00. The van der Waals surface area contributed by atoms with E-state index in [9.17, 15) is 0 Å². The minimum absolute atomic E-state index is 0.186. The van der Waals surface area contributed by atoms with Gasteiger partial charge in [-0.3, -0.25) is 0 Å². The third kappa shape index (κ3) is 1.80. The van der Waals surface area contributed by atoms with Gasteiger partial charge in [0.2, 0.25) is 0 Å². The summed E-state index contributed by atoms with van der Waals surface area (Å²) in [6.45, 7) is -0.186. The fourth-order valence-corrected chi connectivity index (χ4v) is 0.841. The van der Waals surface area contributed by atoms with E-state index in [1.807, 2.05) is 0 Å². The first-order valence-corrected chi connectivity index (χ1v) is 3.38. The van der Waals surface area contributed by atoms with Crippen molar-refractivity contribution in [2.75, 3.05) is 5.43 Å². The summed E-state index contributed by atoms with van der Waals surface area (Å²) in [5, 5.41) is 9.16. The largest absolute Gasteiger partial charge is 0.390 e. The molecule has 0 atom stereocenters. The van der Waals surface area contributed by atoms with Gasteiger partial charge < -0.3 is 10.5 Å². The average Bonchev–Trinajstić information content (AvgIpc) is 2.05. The number of aromatic nitrogens is 1. The lowest BCUT2D eigenvalue weighted by molar-refractivity contribution is 0.277. The van der Waals surface area contributed by atoms with E-state index >= 15 is 0 Å². The van der Waals surface area contributed by atoms with Gasteiger partial charge in [0.15, 0.2) is 0 Å². The molecule has 0 bridgehead atoms. The first-order valence-electron chi connectivity index (χ1n) is 3.01. The monoisotopic (exact) mass is 173 g/mol. The molecule has 0 aliphatic carbocycles. The molecular weight excluding hydrogens is 166 g/mol. The molecule has 1 rings (SSSR count). The van der Waals surface area contributed by atoms with E-state index in [2.05, 4.69) is 10.4 Å². The first-order chi connectivity index (χ1) is 5.27. The number of anilines is 1. The zero-order valence-corrected chi connectivity index (χ0v) is 6.47. The Balaban J connectivity index is 3.02. The number of rotatable bonds is 2. The van der Waals surface area contributed by atoms with Gasteiger partial charge in [0, 0.05) is 0 Å². The summed E-state index contributed by atoms with van der Waals surface area (Å²) >= 11 is 5.66. The summed E-state index contributed by atoms with van der Waals surface area (Å²) in [4.78, 5) is 3.89. The topological polar surface area (TPSA) is 71.2 Å². The Morgan fingerprint density at radius 3 is 2.91 bits per heavy atom. The van der Waals surface area contributed by atoms with E-state index in [4.69, 9.17) is 22.6 Å². The van der Waals surface area contributed by atoms with Gasteiger partial charge in [0.25, 0.3) is 0 Å². The van der Waals surface area contributed by atoms with Gasteiger partial charge in [-0.05, 0) is 12.1 Å². The standard InChI is InChI=1S/C6H8ClN3O/c7-4-1-2-6(10-8)9-5(4)3-11/h1-2,11H,3,8H2,(H,9,10). The van der Waals surface area contributed by atoms with Crippen molar-refractivity contribution in [1.82, 2.24) is 4.98 Å². The second-order valence-corrected chi connectivity index (χ2v) is 2.33. The number of hydrogen-bond donors (Lipinski definition) is 3. The number of nitrogens with two attached hydrogens (primary N) is 1. The lowest BCUT2D eigenvalue weighted by atomic mass is 10.3. The third-order valence-corrected chi connectivity index (χ3v) is 1.56. The Bertz CT molecular complexity index is 254. The molecule has 0 aromatic carbocycles. The molecule has 0 aliphatic heterocycles. The summed E-state index contributed by atoms with van der Waals surface area (Å²) < 4.78 is 0. The van der Waals surface area contributed by atoms with E-state index in [-0.39, 0.29) is 6.61 Å². The average molecular weight is 174 g/mol. The van der Waals surface area contributed by atoms with E-state index in [0.717, 1.165) is 0 Å². The highest BCUT2D eigenvalue weighted by Crippen LogP contribution is 2.15. The van der Waals surface area contributed by atoms with Gasteiger partial charge in [-0.2, -0.15) is 0 Å². The van der Waals surface area contributed by atoms with Gasteiger partial charge in [-0.25, -0.2) is 10.8 Å². The lowest BCUT2D eigenvalue weighted by Crippen LogP contribution is -2.09. The molecule has 1 heterocycles. The van der Waals surface area contributed by atoms with Crippen LogP contribution < -0.4 is 11.3 Å². The summed E-state index contributed by atoms with van der Waals surface area (Å²) in [6.07, 6.45) is 0. The fourth-order valence-electron chi connectivity index (χ4n) is 0.676. The van der Waals surface area contributed by atoms with Crippen molar-refractivity contribution in [2.45, 2.75) is 6.61 Å². The van der Waals surface area contributed by atoms with Crippen LogP contribution in [-0.2, 0) is 6.61 Å². The number of nitrogen functional groups attached to an aromatic ring is 1. The summed E-state index contributed by atoms with van der Waals surface area (Å²) in [5.74, 6) is 5.57. The highest BCUT2D eigenvalue weighted by atomic mass is 35.5. The van der Waals surface area contributed by atoms with Crippen LogP contribution in [-0.4, -0.2) is 10.1 Å². The molecule has 0 unspecified atom stereocenters. The molecule has 1 aromatic heterocycles. The Kier molecular flexibility index (Phi) is 2.64. The van der Waals surface area contributed by atoms with Crippen LogP contribution in [0.2, 0.25) is 5.02 Å². The normalized spacial score (nSPS) is 9.73. The number of pyridine rings is 1. The van der Waals surface area contributed by atoms with Crippen LogP contribution in [0.5, 0.6) is 0 Å². The maximum Gasteiger partial charge on any atom is 0.140 e. The van der Waals surface area contributed by atoms with E-state index in [0.29, 0.717) is 16.5 Å². The van der Waals surface area contributed by atoms with E-state index < -0.39 is 0 Å². The van der Waals surface area contributed by atoms with Gasteiger partial charge in [-0.1, -0.05) is 11.6 Å². The SMILES string of the molecule is NNc1ccc(Cl)c(CO)n1. The second kappa shape index (κ2) is 3.52. The maximum atomic E-state index is 8.72. The molecule has 4 nitrogen and oxygen atoms in total. The maximum absolute atomic E-state index is 8.72. The number of aliphatic hydroxyl groups excluding tert-OH is 1. The number of aliphatic hydroxyl groups is 1. The molecule has 5 heteroatoms. The third-order valence-electron chi connectivity index (χ3n) is 1.22. The first kappa shape index (κ1) is 8.26.